The fraction of sp³-hybridized carbons (Fsp3) is 0. The molecule has 0 N–H and O–H groups in total. The maximum atomic E-state index is 10.9. The van der Waals surface area contributed by atoms with Crippen molar-refractivity contribution >= 4 is 11.0 Å². The van der Waals surface area contributed by atoms with Gasteiger partial charge in [0.1, 0.15) is 5.58 Å². The van der Waals surface area contributed by atoms with Crippen molar-refractivity contribution < 1.29 is 4.42 Å². The summed E-state index contributed by atoms with van der Waals surface area (Å²) < 4.78 is 5.48. The van der Waals surface area contributed by atoms with Gasteiger partial charge in [0.25, 0.3) is 0 Å². The van der Waals surface area contributed by atoms with Crippen LogP contribution in [0.2, 0.25) is 0 Å². The molecule has 0 aliphatic carbocycles. The highest BCUT2D eigenvalue weighted by Gasteiger charge is 2.08. The van der Waals surface area contributed by atoms with E-state index in [-0.39, 0.29) is 0 Å². The average Bonchev–Trinajstić information content (AvgIpc) is 2.26. The van der Waals surface area contributed by atoms with Crippen molar-refractivity contribution in [2.75, 3.05) is 0 Å². The minimum absolute atomic E-state index is 0.328. The Kier molecular flexibility index (Phi) is 1.56. The molecule has 0 amide bonds. The van der Waals surface area contributed by atoms with Gasteiger partial charge >= 0.3 is 5.69 Å². The average molecular weight is 198 g/mol. The summed E-state index contributed by atoms with van der Waals surface area (Å²) in [6, 6.07) is 9.46. The molecule has 0 saturated heterocycles. The number of aromatic nitrogens is 2. The van der Waals surface area contributed by atoms with Crippen molar-refractivity contribution in [3.8, 4) is 11.5 Å². The summed E-state index contributed by atoms with van der Waals surface area (Å²) >= 11 is 0. The highest BCUT2D eigenvalue weighted by atomic mass is 16.3. The second-order valence-electron chi connectivity index (χ2n) is 3.20. The lowest BCUT2D eigenvalue weighted by molar-refractivity contribution is 0.593. The van der Waals surface area contributed by atoms with Crippen LogP contribution in [0, 0.1) is 0 Å². The quantitative estimate of drug-likeness (QED) is 0.516. The van der Waals surface area contributed by atoms with Crippen LogP contribution in [0.1, 0.15) is 0 Å². The summed E-state index contributed by atoms with van der Waals surface area (Å²) in [5.74, 6) is 0.328. The van der Waals surface area contributed by atoms with E-state index in [1.807, 2.05) is 30.3 Å². The van der Waals surface area contributed by atoms with Crippen LogP contribution in [-0.4, -0.2) is 9.97 Å². The topological polar surface area (TPSA) is 56.0 Å². The summed E-state index contributed by atoms with van der Waals surface area (Å²) in [7, 11) is 0. The lowest BCUT2D eigenvalue weighted by atomic mass is 10.2. The monoisotopic (exact) mass is 198 g/mol. The van der Waals surface area contributed by atoms with Gasteiger partial charge in [0.2, 0.25) is 5.89 Å². The first-order valence-electron chi connectivity index (χ1n) is 4.48. The number of para-hydroxylation sites is 1. The molecule has 1 aromatic rings. The first kappa shape index (κ1) is 8.11. The summed E-state index contributed by atoms with van der Waals surface area (Å²) in [6.45, 7) is 0. The molecule has 1 aromatic carbocycles. The predicted octanol–water partition coefficient (Wildman–Crippen LogP) is 1.69. The van der Waals surface area contributed by atoms with Crippen LogP contribution in [0.15, 0.2) is 45.7 Å². The molecule has 0 saturated carbocycles. The molecule has 4 heteroatoms. The molecule has 2 aliphatic rings. The van der Waals surface area contributed by atoms with Gasteiger partial charge < -0.3 is 4.42 Å². The molecular formula is C11H6N2O2. The molecule has 4 nitrogen and oxygen atoms in total. The Bertz CT molecular complexity index is 660. The van der Waals surface area contributed by atoms with Gasteiger partial charge in [-0.25, -0.2) is 4.79 Å². The van der Waals surface area contributed by atoms with Crippen LogP contribution >= 0.6 is 0 Å². The SMILES string of the molecule is O=c1ncc2cc3ccccc3oc-2n1. The van der Waals surface area contributed by atoms with Crippen LogP contribution in [0.5, 0.6) is 0 Å². The minimum Gasteiger partial charge on any atom is -0.438 e. The van der Waals surface area contributed by atoms with Crippen molar-refractivity contribution in [1.29, 1.82) is 0 Å². The van der Waals surface area contributed by atoms with Crippen molar-refractivity contribution in [3.63, 3.8) is 0 Å². The maximum absolute atomic E-state index is 10.9. The Balaban J connectivity index is 2.49. The maximum Gasteiger partial charge on any atom is 0.370 e. The molecule has 15 heavy (non-hydrogen) atoms. The third-order valence-corrected chi connectivity index (χ3v) is 2.19. The first-order valence-corrected chi connectivity index (χ1v) is 4.48. The van der Waals surface area contributed by atoms with Gasteiger partial charge in [-0.15, -0.1) is 0 Å². The van der Waals surface area contributed by atoms with Crippen LogP contribution in [-0.2, 0) is 0 Å². The van der Waals surface area contributed by atoms with Gasteiger partial charge in [0.15, 0.2) is 0 Å². The van der Waals surface area contributed by atoms with Crippen molar-refractivity contribution in [3.05, 3.63) is 47.0 Å². The molecule has 72 valence electrons. The second kappa shape index (κ2) is 2.88. The second-order valence-corrected chi connectivity index (χ2v) is 3.20. The Labute approximate surface area is 84.6 Å². The van der Waals surface area contributed by atoms with Crippen molar-refractivity contribution in [2.45, 2.75) is 0 Å². The smallest absolute Gasteiger partial charge is 0.370 e. The molecule has 0 unspecified atom stereocenters. The van der Waals surface area contributed by atoms with Gasteiger partial charge in [-0.05, 0) is 12.1 Å². The molecular weight excluding hydrogens is 192 g/mol. The number of hydrogen-bond acceptors (Lipinski definition) is 4. The highest BCUT2D eigenvalue weighted by Crippen LogP contribution is 2.24. The molecule has 0 radical (unpaired) electrons. The van der Waals surface area contributed by atoms with Gasteiger partial charge in [0, 0.05) is 11.6 Å². The standard InChI is InChI=1S/C11H6N2O2/c14-11-12-6-8-5-7-3-1-2-4-9(7)15-10(8)13-11/h1-6H. The molecule has 2 heterocycles. The Hall–Kier alpha value is -2.23. The molecule has 0 spiro atoms. The number of fused-ring (bicyclic) bond motifs is 2. The molecule has 3 rings (SSSR count). The van der Waals surface area contributed by atoms with Crippen molar-refractivity contribution in [2.24, 2.45) is 0 Å². The normalized spacial score (nSPS) is 10.9. The number of rotatable bonds is 0. The molecule has 0 fully saturated rings. The summed E-state index contributed by atoms with van der Waals surface area (Å²) in [6.07, 6.45) is 1.47. The van der Waals surface area contributed by atoms with Crippen LogP contribution < -0.4 is 5.69 Å². The van der Waals surface area contributed by atoms with E-state index in [9.17, 15) is 4.79 Å². The lowest BCUT2D eigenvalue weighted by Gasteiger charge is -2.03. The van der Waals surface area contributed by atoms with Gasteiger partial charge in [-0.1, -0.05) is 18.2 Å². The van der Waals surface area contributed by atoms with E-state index in [1.165, 1.54) is 6.20 Å². The van der Waals surface area contributed by atoms with Gasteiger partial charge in [-0.3, -0.25) is 0 Å². The zero-order chi connectivity index (χ0) is 10.3. The summed E-state index contributed by atoms with van der Waals surface area (Å²) in [5, 5.41) is 0.965. The molecule has 0 atom stereocenters. The van der Waals surface area contributed by atoms with Crippen LogP contribution in [0.3, 0.4) is 0 Å². The van der Waals surface area contributed by atoms with E-state index < -0.39 is 5.69 Å². The Morgan fingerprint density at radius 2 is 2.07 bits per heavy atom. The molecule has 2 aliphatic heterocycles. The highest BCUT2D eigenvalue weighted by molar-refractivity contribution is 5.81. The molecule has 0 aromatic heterocycles. The van der Waals surface area contributed by atoms with E-state index in [0.29, 0.717) is 11.5 Å². The zero-order valence-electron chi connectivity index (χ0n) is 7.68. The fourth-order valence-corrected chi connectivity index (χ4v) is 1.51. The summed E-state index contributed by atoms with van der Waals surface area (Å²) in [5.41, 5.74) is 0.915. The Morgan fingerprint density at radius 1 is 1.20 bits per heavy atom. The van der Waals surface area contributed by atoms with Crippen LogP contribution in [0.4, 0.5) is 0 Å². The molecule has 0 bridgehead atoms. The largest absolute Gasteiger partial charge is 0.438 e. The van der Waals surface area contributed by atoms with Gasteiger partial charge in [0.05, 0.1) is 5.56 Å². The third kappa shape index (κ3) is 1.27. The first-order chi connectivity index (χ1) is 7.33. The predicted molar refractivity (Wildman–Crippen MR) is 54.7 cm³/mol. The van der Waals surface area contributed by atoms with E-state index in [0.717, 1.165) is 10.9 Å². The third-order valence-electron chi connectivity index (χ3n) is 2.19. The van der Waals surface area contributed by atoms with E-state index in [1.54, 1.807) is 0 Å². The van der Waals surface area contributed by atoms with Crippen molar-refractivity contribution in [1.82, 2.24) is 9.97 Å². The Morgan fingerprint density at radius 3 is 3.00 bits per heavy atom. The number of nitrogens with zero attached hydrogens (tertiary/aromatic N) is 2. The van der Waals surface area contributed by atoms with E-state index in [2.05, 4.69) is 9.97 Å². The lowest BCUT2D eigenvalue weighted by Crippen LogP contribution is -2.10. The number of benzene rings is 1. The van der Waals surface area contributed by atoms with E-state index >= 15 is 0 Å². The van der Waals surface area contributed by atoms with E-state index in [4.69, 9.17) is 4.42 Å². The number of hydrogen-bond donors (Lipinski definition) is 0. The summed E-state index contributed by atoms with van der Waals surface area (Å²) in [4.78, 5) is 18.2. The van der Waals surface area contributed by atoms with Crippen LogP contribution in [0.25, 0.3) is 22.4 Å². The zero-order valence-corrected chi connectivity index (χ0v) is 7.68. The minimum atomic E-state index is -0.526. The van der Waals surface area contributed by atoms with Gasteiger partial charge in [-0.2, -0.15) is 9.97 Å². The fourth-order valence-electron chi connectivity index (χ4n) is 1.51.